The van der Waals surface area contributed by atoms with Crippen molar-refractivity contribution in [2.75, 3.05) is 5.75 Å². The second kappa shape index (κ2) is 5.97. The van der Waals surface area contributed by atoms with Crippen molar-refractivity contribution in [1.29, 1.82) is 0 Å². The number of benzene rings is 1. The quantitative estimate of drug-likeness (QED) is 0.844. The molecule has 1 aromatic heterocycles. The summed E-state index contributed by atoms with van der Waals surface area (Å²) in [6, 6.07) is 5.42. The highest BCUT2D eigenvalue weighted by Crippen LogP contribution is 2.34. The maximum absolute atomic E-state index is 11.4. The Morgan fingerprint density at radius 2 is 2.22 bits per heavy atom. The fourth-order valence-electron chi connectivity index (χ4n) is 1.44. The summed E-state index contributed by atoms with van der Waals surface area (Å²) in [6.45, 7) is 1.99. The lowest BCUT2D eigenvalue weighted by Gasteiger charge is -2.08. The summed E-state index contributed by atoms with van der Waals surface area (Å²) in [7, 11) is 0. The van der Waals surface area contributed by atoms with Gasteiger partial charge in [0.15, 0.2) is 0 Å². The number of rotatable bonds is 5. The number of thioether (sulfide) groups is 1. The number of hydrogen-bond donors (Lipinski definition) is 1. The number of aromatic carboxylic acids is 1. The normalized spacial score (nSPS) is 10.5. The Kier molecular flexibility index (Phi) is 4.33. The molecule has 0 aliphatic rings. The van der Waals surface area contributed by atoms with Gasteiger partial charge in [-0.1, -0.05) is 13.0 Å². The molecule has 4 nitrogen and oxygen atoms in total. The molecule has 2 rings (SSSR count). The lowest BCUT2D eigenvalue weighted by molar-refractivity contribution is 0.0689. The van der Waals surface area contributed by atoms with Crippen LogP contribution < -0.4 is 0 Å². The first-order valence-electron chi connectivity index (χ1n) is 5.28. The fraction of sp³-hybridized carbons (Fsp3) is 0.167. The maximum atomic E-state index is 11.4. The molecule has 1 N–H and O–H groups in total. The number of oxazole rings is 1. The van der Waals surface area contributed by atoms with Crippen LogP contribution in [0.2, 0.25) is 0 Å². The van der Waals surface area contributed by atoms with Gasteiger partial charge in [-0.25, -0.2) is 9.78 Å². The second-order valence-corrected chi connectivity index (χ2v) is 5.57. The molecule has 94 valence electrons. The van der Waals surface area contributed by atoms with E-state index in [2.05, 4.69) is 4.98 Å². The highest BCUT2D eigenvalue weighted by molar-refractivity contribution is 8.00. The zero-order chi connectivity index (χ0) is 13.0. The molecule has 0 aliphatic carbocycles. The Morgan fingerprint density at radius 1 is 1.44 bits per heavy atom. The van der Waals surface area contributed by atoms with Gasteiger partial charge in [0, 0.05) is 9.79 Å². The average Bonchev–Trinajstić information content (AvgIpc) is 2.82. The second-order valence-electron chi connectivity index (χ2n) is 3.27. The van der Waals surface area contributed by atoms with Gasteiger partial charge in [0.1, 0.15) is 6.26 Å². The highest BCUT2D eigenvalue weighted by atomic mass is 32.2. The van der Waals surface area contributed by atoms with Crippen molar-refractivity contribution in [3.63, 3.8) is 0 Å². The van der Waals surface area contributed by atoms with Gasteiger partial charge in [0.2, 0.25) is 0 Å². The molecule has 0 fully saturated rings. The minimum atomic E-state index is -0.930. The lowest BCUT2D eigenvalue weighted by atomic mass is 10.2. The summed E-state index contributed by atoms with van der Waals surface area (Å²) in [5, 5.41) is 9.76. The topological polar surface area (TPSA) is 63.3 Å². The zero-order valence-electron chi connectivity index (χ0n) is 9.62. The van der Waals surface area contributed by atoms with Crippen LogP contribution in [0.5, 0.6) is 0 Å². The molecule has 0 bridgehead atoms. The van der Waals surface area contributed by atoms with Crippen LogP contribution in [0.1, 0.15) is 17.3 Å². The van der Waals surface area contributed by atoms with E-state index in [0.717, 1.165) is 10.6 Å². The van der Waals surface area contributed by atoms with E-state index in [1.54, 1.807) is 6.07 Å². The van der Waals surface area contributed by atoms with E-state index in [1.165, 1.54) is 36.0 Å². The predicted octanol–water partition coefficient (Wildman–Crippen LogP) is 3.64. The van der Waals surface area contributed by atoms with E-state index < -0.39 is 5.97 Å². The smallest absolute Gasteiger partial charge is 0.337 e. The standard InChI is InChI=1S/C12H11NO3S2/c1-2-17-8-4-3-5-9(10(8)11(14)15)18-12-13-6-7-16-12/h3-7H,2H2,1H3,(H,14,15). The number of hydrogen-bond acceptors (Lipinski definition) is 5. The monoisotopic (exact) mass is 281 g/mol. The van der Waals surface area contributed by atoms with Gasteiger partial charge >= 0.3 is 5.97 Å². The van der Waals surface area contributed by atoms with E-state index in [0.29, 0.717) is 15.7 Å². The van der Waals surface area contributed by atoms with E-state index in [1.807, 2.05) is 19.1 Å². The Balaban J connectivity index is 2.39. The summed E-state index contributed by atoms with van der Waals surface area (Å²) in [5.74, 6) is -0.103. The third-order valence-electron chi connectivity index (χ3n) is 2.11. The van der Waals surface area contributed by atoms with Crippen LogP contribution in [-0.4, -0.2) is 21.8 Å². The van der Waals surface area contributed by atoms with E-state index in [-0.39, 0.29) is 0 Å². The summed E-state index contributed by atoms with van der Waals surface area (Å²) in [5.41, 5.74) is 0.313. The number of carbonyl (C=O) groups is 1. The first-order chi connectivity index (χ1) is 8.72. The first-order valence-corrected chi connectivity index (χ1v) is 7.09. The zero-order valence-corrected chi connectivity index (χ0v) is 11.3. The van der Waals surface area contributed by atoms with Crippen LogP contribution in [0.25, 0.3) is 0 Å². The molecule has 0 spiro atoms. The van der Waals surface area contributed by atoms with Crippen molar-refractivity contribution >= 4 is 29.5 Å². The molecule has 0 aliphatic heterocycles. The van der Waals surface area contributed by atoms with Crippen LogP contribution in [0, 0.1) is 0 Å². The van der Waals surface area contributed by atoms with Gasteiger partial charge in [-0.15, -0.1) is 11.8 Å². The van der Waals surface area contributed by atoms with Crippen LogP contribution in [-0.2, 0) is 0 Å². The Labute approximate surface area is 113 Å². The van der Waals surface area contributed by atoms with Gasteiger partial charge in [0.05, 0.1) is 11.8 Å². The number of carboxylic acids is 1. The summed E-state index contributed by atoms with van der Waals surface area (Å²) in [6.07, 6.45) is 3.00. The third-order valence-corrected chi connectivity index (χ3v) is 3.98. The van der Waals surface area contributed by atoms with Crippen molar-refractivity contribution in [2.45, 2.75) is 21.9 Å². The van der Waals surface area contributed by atoms with Crippen LogP contribution in [0.15, 0.2) is 50.1 Å². The van der Waals surface area contributed by atoms with Gasteiger partial charge in [-0.05, 0) is 29.6 Å². The molecule has 0 radical (unpaired) electrons. The Bertz CT molecular complexity index is 540. The van der Waals surface area contributed by atoms with Gasteiger partial charge in [-0.3, -0.25) is 0 Å². The van der Waals surface area contributed by atoms with Crippen molar-refractivity contribution in [3.05, 3.63) is 36.2 Å². The number of nitrogens with zero attached hydrogens (tertiary/aromatic N) is 1. The maximum Gasteiger partial charge on any atom is 0.337 e. The highest BCUT2D eigenvalue weighted by Gasteiger charge is 2.17. The summed E-state index contributed by atoms with van der Waals surface area (Å²) in [4.78, 5) is 16.8. The van der Waals surface area contributed by atoms with Gasteiger partial charge in [-0.2, -0.15) is 0 Å². The number of carboxylic acid groups (broad SMARTS) is 1. The minimum absolute atomic E-state index is 0.313. The first kappa shape index (κ1) is 13.0. The van der Waals surface area contributed by atoms with E-state index >= 15 is 0 Å². The molecular weight excluding hydrogens is 270 g/mol. The average molecular weight is 281 g/mol. The lowest BCUT2D eigenvalue weighted by Crippen LogP contribution is -2.01. The largest absolute Gasteiger partial charge is 0.478 e. The molecule has 2 aromatic rings. The fourth-order valence-corrected chi connectivity index (χ4v) is 3.18. The van der Waals surface area contributed by atoms with Gasteiger partial charge < -0.3 is 9.52 Å². The molecule has 1 aromatic carbocycles. The molecule has 0 amide bonds. The Hall–Kier alpha value is -1.40. The van der Waals surface area contributed by atoms with E-state index in [9.17, 15) is 9.90 Å². The molecule has 1 heterocycles. The van der Waals surface area contributed by atoms with Crippen molar-refractivity contribution < 1.29 is 14.3 Å². The molecule has 6 heteroatoms. The van der Waals surface area contributed by atoms with E-state index in [4.69, 9.17) is 4.42 Å². The predicted molar refractivity (Wildman–Crippen MR) is 70.4 cm³/mol. The minimum Gasteiger partial charge on any atom is -0.478 e. The molecule has 0 saturated heterocycles. The van der Waals surface area contributed by atoms with Crippen LogP contribution in [0.3, 0.4) is 0 Å². The Morgan fingerprint density at radius 3 is 2.83 bits per heavy atom. The van der Waals surface area contributed by atoms with Crippen LogP contribution in [0.4, 0.5) is 0 Å². The van der Waals surface area contributed by atoms with Crippen molar-refractivity contribution in [1.82, 2.24) is 4.98 Å². The molecular formula is C12H11NO3S2. The molecule has 18 heavy (non-hydrogen) atoms. The molecule has 0 unspecified atom stereocenters. The third kappa shape index (κ3) is 2.88. The molecule has 0 saturated carbocycles. The van der Waals surface area contributed by atoms with Crippen molar-refractivity contribution in [3.8, 4) is 0 Å². The van der Waals surface area contributed by atoms with Gasteiger partial charge in [0.25, 0.3) is 5.22 Å². The van der Waals surface area contributed by atoms with Crippen molar-refractivity contribution in [2.24, 2.45) is 0 Å². The van der Waals surface area contributed by atoms with Crippen LogP contribution >= 0.6 is 23.5 Å². The summed E-state index contributed by atoms with van der Waals surface area (Å²) >= 11 is 2.73. The SMILES string of the molecule is CCSc1cccc(Sc2ncco2)c1C(=O)O. The number of aromatic nitrogens is 1. The summed E-state index contributed by atoms with van der Waals surface area (Å²) < 4.78 is 5.12. The molecule has 0 atom stereocenters.